The Morgan fingerprint density at radius 2 is 1.88 bits per heavy atom. The first kappa shape index (κ1) is 20.8. The highest BCUT2D eigenvalue weighted by molar-refractivity contribution is 7.13. The average Bonchev–Trinajstić information content (AvgIpc) is 3.53. The fourth-order valence-electron chi connectivity index (χ4n) is 4.53. The van der Waals surface area contributed by atoms with E-state index < -0.39 is 5.41 Å². The number of fused-ring (bicyclic) bond motifs is 1. The van der Waals surface area contributed by atoms with E-state index in [2.05, 4.69) is 4.98 Å². The lowest BCUT2D eigenvalue weighted by atomic mass is 9.78. The molecule has 0 amide bonds. The fraction of sp³-hybridized carbons (Fsp3) is 0.360. The summed E-state index contributed by atoms with van der Waals surface area (Å²) < 4.78 is 22.6. The van der Waals surface area contributed by atoms with Crippen molar-refractivity contribution in [1.29, 1.82) is 0 Å². The highest BCUT2D eigenvalue weighted by Crippen LogP contribution is 2.45. The molecular formula is C25H25NO5S. The number of carbonyl (C=O) groups is 1. The Balaban J connectivity index is 1.33. The third-order valence-electron chi connectivity index (χ3n) is 6.18. The lowest BCUT2D eigenvalue weighted by molar-refractivity contribution is -0.152. The van der Waals surface area contributed by atoms with Crippen molar-refractivity contribution in [3.05, 3.63) is 59.1 Å². The Kier molecular flexibility index (Phi) is 5.74. The third-order valence-corrected chi connectivity index (χ3v) is 7.11. The van der Waals surface area contributed by atoms with Gasteiger partial charge in [0.1, 0.15) is 30.6 Å². The van der Waals surface area contributed by atoms with Gasteiger partial charge >= 0.3 is 5.97 Å². The van der Waals surface area contributed by atoms with Gasteiger partial charge in [-0.3, -0.25) is 4.79 Å². The van der Waals surface area contributed by atoms with Crippen LogP contribution < -0.4 is 14.2 Å². The number of para-hydroxylation sites is 1. The number of benzene rings is 2. The minimum Gasteiger partial charge on any atom is -0.496 e. The van der Waals surface area contributed by atoms with Crippen LogP contribution in [-0.4, -0.2) is 31.3 Å². The van der Waals surface area contributed by atoms with Crippen LogP contribution in [0.4, 0.5) is 0 Å². The van der Waals surface area contributed by atoms with Gasteiger partial charge in [-0.05, 0) is 42.7 Å². The first-order valence-electron chi connectivity index (χ1n) is 10.8. The van der Waals surface area contributed by atoms with Crippen LogP contribution in [0.2, 0.25) is 0 Å². The van der Waals surface area contributed by atoms with Crippen LogP contribution in [0.3, 0.4) is 0 Å². The molecule has 166 valence electrons. The summed E-state index contributed by atoms with van der Waals surface area (Å²) in [5.74, 6) is 2.01. The number of carbonyl (C=O) groups excluding carboxylic acids is 1. The summed E-state index contributed by atoms with van der Waals surface area (Å²) in [5.41, 5.74) is 1.97. The minimum atomic E-state index is -0.642. The van der Waals surface area contributed by atoms with Crippen LogP contribution in [-0.2, 0) is 21.6 Å². The molecule has 32 heavy (non-hydrogen) atoms. The van der Waals surface area contributed by atoms with E-state index in [1.54, 1.807) is 7.11 Å². The Bertz CT molecular complexity index is 1120. The van der Waals surface area contributed by atoms with Gasteiger partial charge in [0.25, 0.3) is 0 Å². The molecule has 0 saturated heterocycles. The van der Waals surface area contributed by atoms with E-state index in [0.29, 0.717) is 19.0 Å². The van der Waals surface area contributed by atoms with Crippen molar-refractivity contribution in [3.63, 3.8) is 0 Å². The number of ether oxygens (including phenoxy) is 4. The maximum Gasteiger partial charge on any atom is 0.316 e. The van der Waals surface area contributed by atoms with Crippen molar-refractivity contribution in [3.8, 4) is 27.8 Å². The number of thiazole rings is 1. The summed E-state index contributed by atoms with van der Waals surface area (Å²) in [5, 5.41) is 2.77. The van der Waals surface area contributed by atoms with Gasteiger partial charge in [-0.2, -0.15) is 0 Å². The van der Waals surface area contributed by atoms with Crippen molar-refractivity contribution in [2.45, 2.75) is 37.7 Å². The van der Waals surface area contributed by atoms with Crippen molar-refractivity contribution < 1.29 is 23.7 Å². The van der Waals surface area contributed by atoms with Gasteiger partial charge in [0.2, 0.25) is 0 Å². The first-order chi connectivity index (χ1) is 15.7. The quantitative estimate of drug-likeness (QED) is 0.483. The number of rotatable bonds is 6. The van der Waals surface area contributed by atoms with E-state index in [-0.39, 0.29) is 12.6 Å². The van der Waals surface area contributed by atoms with Crippen molar-refractivity contribution in [2.75, 3.05) is 20.3 Å². The molecule has 0 N–H and O–H groups in total. The van der Waals surface area contributed by atoms with Gasteiger partial charge in [0.15, 0.2) is 11.5 Å². The third kappa shape index (κ3) is 3.81. The number of hydrogen-bond donors (Lipinski definition) is 0. The SMILES string of the molecule is COc1ccccc1-c1nc(COC(=O)C2(c3ccc4c(c3)OCCO4)CCCC2)cs1. The molecule has 1 fully saturated rings. The summed E-state index contributed by atoms with van der Waals surface area (Å²) in [6.45, 7) is 1.22. The fourth-order valence-corrected chi connectivity index (χ4v) is 5.36. The second-order valence-corrected chi connectivity index (χ2v) is 8.93. The summed E-state index contributed by atoms with van der Waals surface area (Å²) in [6.07, 6.45) is 3.54. The van der Waals surface area contributed by atoms with Gasteiger partial charge in [0, 0.05) is 5.38 Å². The molecule has 1 aliphatic carbocycles. The van der Waals surface area contributed by atoms with E-state index in [1.165, 1.54) is 11.3 Å². The van der Waals surface area contributed by atoms with Crippen molar-refractivity contribution >= 4 is 17.3 Å². The van der Waals surface area contributed by atoms with Gasteiger partial charge in [-0.1, -0.05) is 31.0 Å². The van der Waals surface area contributed by atoms with Crippen LogP contribution >= 0.6 is 11.3 Å². The first-order valence-corrected chi connectivity index (χ1v) is 11.7. The normalized spacial score (nSPS) is 16.5. The highest BCUT2D eigenvalue weighted by atomic mass is 32.1. The molecule has 0 bridgehead atoms. The maximum absolute atomic E-state index is 13.3. The standard InChI is InChI=1S/C25H25NO5S/c1-28-20-7-3-2-6-19(20)23-26-18(16-32-23)15-31-24(27)25(10-4-5-11-25)17-8-9-21-22(14-17)30-13-12-29-21/h2-3,6-9,14,16H,4-5,10-13,15H2,1H3. The van der Waals surface area contributed by atoms with Gasteiger partial charge in [-0.25, -0.2) is 4.98 Å². The molecule has 0 unspecified atom stereocenters. The molecule has 1 aliphatic heterocycles. The molecule has 0 atom stereocenters. The Morgan fingerprint density at radius 1 is 1.09 bits per heavy atom. The minimum absolute atomic E-state index is 0.150. The lowest BCUT2D eigenvalue weighted by Crippen LogP contribution is -2.35. The summed E-state index contributed by atoms with van der Waals surface area (Å²) in [4.78, 5) is 18.0. The molecule has 0 radical (unpaired) electrons. The molecule has 2 heterocycles. The predicted octanol–water partition coefficient (Wildman–Crippen LogP) is 5.15. The largest absolute Gasteiger partial charge is 0.496 e. The van der Waals surface area contributed by atoms with Crippen molar-refractivity contribution in [1.82, 2.24) is 4.98 Å². The molecule has 1 saturated carbocycles. The smallest absolute Gasteiger partial charge is 0.316 e. The van der Waals surface area contributed by atoms with E-state index in [0.717, 1.165) is 59.0 Å². The Hall–Kier alpha value is -3.06. The molecule has 0 spiro atoms. The number of nitrogens with zero attached hydrogens (tertiary/aromatic N) is 1. The van der Waals surface area contributed by atoms with Crippen molar-refractivity contribution in [2.24, 2.45) is 0 Å². The summed E-state index contributed by atoms with van der Waals surface area (Å²) in [7, 11) is 1.65. The second-order valence-electron chi connectivity index (χ2n) is 8.07. The average molecular weight is 452 g/mol. The van der Waals surface area contributed by atoms with Crippen LogP contribution in [0.15, 0.2) is 47.8 Å². The Morgan fingerprint density at radius 3 is 2.69 bits per heavy atom. The zero-order valence-corrected chi connectivity index (χ0v) is 18.8. The zero-order valence-electron chi connectivity index (χ0n) is 18.0. The van der Waals surface area contributed by atoms with Gasteiger partial charge in [-0.15, -0.1) is 11.3 Å². The topological polar surface area (TPSA) is 66.9 Å². The molecule has 3 aromatic rings. The lowest BCUT2D eigenvalue weighted by Gasteiger charge is -2.28. The number of esters is 1. The Labute approximate surface area is 191 Å². The predicted molar refractivity (Wildman–Crippen MR) is 121 cm³/mol. The monoisotopic (exact) mass is 451 g/mol. The van der Waals surface area contributed by atoms with Gasteiger partial charge in [0.05, 0.1) is 23.8 Å². The maximum atomic E-state index is 13.3. The molecule has 1 aromatic heterocycles. The van der Waals surface area contributed by atoms with Crippen LogP contribution in [0.1, 0.15) is 36.9 Å². The van der Waals surface area contributed by atoms with Crippen LogP contribution in [0, 0.1) is 0 Å². The van der Waals surface area contributed by atoms with E-state index in [9.17, 15) is 4.79 Å². The van der Waals surface area contributed by atoms with Crippen LogP contribution in [0.5, 0.6) is 17.2 Å². The van der Waals surface area contributed by atoms with E-state index in [1.807, 2.05) is 47.8 Å². The van der Waals surface area contributed by atoms with Gasteiger partial charge < -0.3 is 18.9 Å². The molecular weight excluding hydrogens is 426 g/mol. The van der Waals surface area contributed by atoms with E-state index >= 15 is 0 Å². The highest BCUT2D eigenvalue weighted by Gasteiger charge is 2.44. The zero-order chi connectivity index (χ0) is 22.0. The second kappa shape index (κ2) is 8.82. The molecule has 5 rings (SSSR count). The summed E-state index contributed by atoms with van der Waals surface area (Å²) in [6, 6.07) is 13.6. The van der Waals surface area contributed by atoms with Crippen LogP contribution in [0.25, 0.3) is 10.6 Å². The number of hydrogen-bond acceptors (Lipinski definition) is 7. The molecule has 7 heteroatoms. The number of methoxy groups -OCH3 is 1. The molecule has 2 aliphatic rings. The molecule has 2 aromatic carbocycles. The van der Waals surface area contributed by atoms with E-state index in [4.69, 9.17) is 18.9 Å². The summed E-state index contributed by atoms with van der Waals surface area (Å²) >= 11 is 1.51. The molecule has 6 nitrogen and oxygen atoms in total. The number of aromatic nitrogens is 1.